The van der Waals surface area contributed by atoms with E-state index >= 15 is 0 Å². The third-order valence-electron chi connectivity index (χ3n) is 1.55. The highest BCUT2D eigenvalue weighted by Crippen LogP contribution is 2.16. The van der Waals surface area contributed by atoms with E-state index in [1.54, 1.807) is 0 Å². The Kier molecular flexibility index (Phi) is 12.4. The summed E-state index contributed by atoms with van der Waals surface area (Å²) in [5.74, 6) is 0. The van der Waals surface area contributed by atoms with Gasteiger partial charge in [-0.1, -0.05) is 0 Å². The molecule has 0 unspecified atom stereocenters. The van der Waals surface area contributed by atoms with Crippen LogP contribution in [0.1, 0.15) is 6.42 Å². The summed E-state index contributed by atoms with van der Waals surface area (Å²) in [5, 5.41) is 32.5. The monoisotopic (exact) mass is 216 g/mol. The molecule has 0 fully saturated rings. The van der Waals surface area contributed by atoms with Gasteiger partial charge in [0.2, 0.25) is 0 Å². The molecule has 88 valence electrons. The van der Waals surface area contributed by atoms with E-state index in [-0.39, 0.29) is 13.2 Å². The van der Waals surface area contributed by atoms with E-state index in [1.807, 2.05) is 0 Å². The van der Waals surface area contributed by atoms with E-state index in [0.717, 1.165) is 0 Å². The van der Waals surface area contributed by atoms with E-state index in [2.05, 4.69) is 0 Å². The molecule has 14 heavy (non-hydrogen) atoms. The van der Waals surface area contributed by atoms with Crippen molar-refractivity contribution in [3.63, 3.8) is 0 Å². The average molecular weight is 216 g/mol. The number of rotatable bonds is 6. The molecule has 6 heteroatoms. The Morgan fingerprint density at radius 1 is 0.786 bits per heavy atom. The fourth-order valence-electron chi connectivity index (χ4n) is 0.325. The first-order valence-electron chi connectivity index (χ1n) is 4.21. The SMILES string of the molecule is OCC(CO)(CF)CF.OCCCO. The zero-order valence-electron chi connectivity index (χ0n) is 7.99. The zero-order valence-corrected chi connectivity index (χ0v) is 7.99. The standard InChI is InChI=1S/C5H10F2O2.C3H8O2/c6-1-5(2-7,3-8)4-9;4-2-1-3-5/h8-9H,1-4H2;4-5H,1-3H2. The van der Waals surface area contributed by atoms with Crippen LogP contribution >= 0.6 is 0 Å². The number of hydrogen-bond donors (Lipinski definition) is 4. The molecule has 0 spiro atoms. The lowest BCUT2D eigenvalue weighted by atomic mass is 9.94. The summed E-state index contributed by atoms with van der Waals surface area (Å²) in [7, 11) is 0. The van der Waals surface area contributed by atoms with Gasteiger partial charge in [0, 0.05) is 13.2 Å². The second kappa shape index (κ2) is 10.8. The van der Waals surface area contributed by atoms with Crippen LogP contribution in [0.25, 0.3) is 0 Å². The predicted octanol–water partition coefficient (Wildman–Crippen LogP) is -0.743. The van der Waals surface area contributed by atoms with E-state index in [1.165, 1.54) is 0 Å². The van der Waals surface area contributed by atoms with Crippen molar-refractivity contribution in [2.45, 2.75) is 6.42 Å². The molecule has 0 aliphatic carbocycles. The first kappa shape index (κ1) is 16.1. The predicted molar refractivity (Wildman–Crippen MR) is 47.3 cm³/mol. The summed E-state index contributed by atoms with van der Waals surface area (Å²) in [6.45, 7) is -3.19. The van der Waals surface area contributed by atoms with Gasteiger partial charge in [-0.15, -0.1) is 0 Å². The number of halogens is 2. The van der Waals surface area contributed by atoms with Crippen LogP contribution in [-0.2, 0) is 0 Å². The Morgan fingerprint density at radius 3 is 1.14 bits per heavy atom. The molecule has 0 radical (unpaired) electrons. The number of alkyl halides is 2. The molecule has 0 atom stereocenters. The highest BCUT2D eigenvalue weighted by molar-refractivity contribution is 4.75. The van der Waals surface area contributed by atoms with Crippen LogP contribution in [0.15, 0.2) is 0 Å². The lowest BCUT2D eigenvalue weighted by Gasteiger charge is -2.21. The van der Waals surface area contributed by atoms with Crippen molar-refractivity contribution in [1.29, 1.82) is 0 Å². The molecule has 4 nitrogen and oxygen atoms in total. The van der Waals surface area contributed by atoms with Gasteiger partial charge >= 0.3 is 0 Å². The molecule has 0 aromatic heterocycles. The molecule has 0 bridgehead atoms. The molecule has 0 aromatic rings. The van der Waals surface area contributed by atoms with Gasteiger partial charge in [-0.3, -0.25) is 8.78 Å². The minimum Gasteiger partial charge on any atom is -0.396 e. The van der Waals surface area contributed by atoms with Crippen molar-refractivity contribution in [3.05, 3.63) is 0 Å². The van der Waals surface area contributed by atoms with Crippen LogP contribution in [0.4, 0.5) is 8.78 Å². The Morgan fingerprint density at radius 2 is 1.14 bits per heavy atom. The van der Waals surface area contributed by atoms with Gasteiger partial charge in [-0.2, -0.15) is 0 Å². The van der Waals surface area contributed by atoms with Gasteiger partial charge in [0.15, 0.2) is 0 Å². The first-order valence-corrected chi connectivity index (χ1v) is 4.21. The van der Waals surface area contributed by atoms with E-state index < -0.39 is 32.0 Å². The van der Waals surface area contributed by atoms with Gasteiger partial charge in [0.25, 0.3) is 0 Å². The Hall–Kier alpha value is -0.300. The van der Waals surface area contributed by atoms with E-state index in [0.29, 0.717) is 6.42 Å². The minimum atomic E-state index is -1.56. The number of aliphatic hydroxyl groups is 4. The maximum absolute atomic E-state index is 11.8. The summed E-state index contributed by atoms with van der Waals surface area (Å²) in [6, 6.07) is 0. The van der Waals surface area contributed by atoms with Crippen LogP contribution in [0.2, 0.25) is 0 Å². The lowest BCUT2D eigenvalue weighted by Crippen LogP contribution is -2.34. The van der Waals surface area contributed by atoms with Crippen molar-refractivity contribution < 1.29 is 29.2 Å². The van der Waals surface area contributed by atoms with Crippen LogP contribution in [0.3, 0.4) is 0 Å². The van der Waals surface area contributed by atoms with Crippen LogP contribution in [-0.4, -0.2) is 60.2 Å². The normalized spacial score (nSPS) is 10.7. The van der Waals surface area contributed by atoms with E-state index in [4.69, 9.17) is 20.4 Å². The molecule has 0 amide bonds. The van der Waals surface area contributed by atoms with Crippen molar-refractivity contribution in [3.8, 4) is 0 Å². The van der Waals surface area contributed by atoms with Crippen molar-refractivity contribution in [1.82, 2.24) is 0 Å². The highest BCUT2D eigenvalue weighted by atomic mass is 19.1. The van der Waals surface area contributed by atoms with Gasteiger partial charge < -0.3 is 20.4 Å². The van der Waals surface area contributed by atoms with Crippen LogP contribution in [0, 0.1) is 5.41 Å². The Labute approximate surface area is 81.8 Å². The van der Waals surface area contributed by atoms with Gasteiger partial charge in [0.1, 0.15) is 13.3 Å². The van der Waals surface area contributed by atoms with Crippen molar-refractivity contribution in [2.24, 2.45) is 5.41 Å². The summed E-state index contributed by atoms with van der Waals surface area (Å²) < 4.78 is 23.5. The fraction of sp³-hybridized carbons (Fsp3) is 1.00. The quantitative estimate of drug-likeness (QED) is 0.471. The summed E-state index contributed by atoms with van der Waals surface area (Å²) in [6.07, 6.45) is 0.500. The summed E-state index contributed by atoms with van der Waals surface area (Å²) in [4.78, 5) is 0. The Bertz CT molecular complexity index is 90.0. The van der Waals surface area contributed by atoms with Crippen molar-refractivity contribution in [2.75, 3.05) is 39.8 Å². The second-order valence-electron chi connectivity index (χ2n) is 2.88. The van der Waals surface area contributed by atoms with Crippen LogP contribution < -0.4 is 0 Å². The van der Waals surface area contributed by atoms with Gasteiger partial charge in [-0.05, 0) is 6.42 Å². The zero-order chi connectivity index (χ0) is 11.4. The third-order valence-corrected chi connectivity index (χ3v) is 1.55. The lowest BCUT2D eigenvalue weighted by molar-refractivity contribution is 0.0137. The van der Waals surface area contributed by atoms with Gasteiger partial charge in [0.05, 0.1) is 18.6 Å². The summed E-state index contributed by atoms with van der Waals surface area (Å²) in [5.41, 5.74) is -1.56. The van der Waals surface area contributed by atoms with E-state index in [9.17, 15) is 8.78 Å². The average Bonchev–Trinajstić information content (AvgIpc) is 2.24. The molecule has 0 aliphatic rings. The molecule has 0 rings (SSSR count). The largest absolute Gasteiger partial charge is 0.396 e. The molecular weight excluding hydrogens is 198 g/mol. The third kappa shape index (κ3) is 7.14. The molecule has 4 N–H and O–H groups in total. The first-order chi connectivity index (χ1) is 6.66. The molecule has 0 saturated heterocycles. The topological polar surface area (TPSA) is 80.9 Å². The molecule has 0 heterocycles. The van der Waals surface area contributed by atoms with Gasteiger partial charge in [-0.25, -0.2) is 0 Å². The fourth-order valence-corrected chi connectivity index (χ4v) is 0.325. The minimum absolute atomic E-state index is 0.0938. The van der Waals surface area contributed by atoms with Crippen LogP contribution in [0.5, 0.6) is 0 Å². The number of aliphatic hydroxyl groups excluding tert-OH is 4. The maximum Gasteiger partial charge on any atom is 0.102 e. The molecule has 0 saturated carbocycles. The Balaban J connectivity index is 0. The second-order valence-corrected chi connectivity index (χ2v) is 2.88. The molecular formula is C8H18F2O4. The maximum atomic E-state index is 11.8. The van der Waals surface area contributed by atoms with Crippen molar-refractivity contribution >= 4 is 0 Å². The highest BCUT2D eigenvalue weighted by Gasteiger charge is 2.28. The molecule has 0 aliphatic heterocycles. The molecule has 0 aromatic carbocycles. The number of hydrogen-bond acceptors (Lipinski definition) is 4. The smallest absolute Gasteiger partial charge is 0.102 e. The summed E-state index contributed by atoms with van der Waals surface area (Å²) >= 11 is 0.